The summed E-state index contributed by atoms with van der Waals surface area (Å²) >= 11 is 0. The van der Waals surface area contributed by atoms with Gasteiger partial charge in [0.25, 0.3) is 0 Å². The van der Waals surface area contributed by atoms with E-state index in [9.17, 15) is 0 Å². The van der Waals surface area contributed by atoms with Crippen LogP contribution in [0.1, 0.15) is 27.8 Å². The second-order valence-electron chi connectivity index (χ2n) is 5.04. The Hall–Kier alpha value is -1.96. The third kappa shape index (κ3) is 2.73. The van der Waals surface area contributed by atoms with E-state index in [4.69, 9.17) is 10.5 Å². The zero-order valence-corrected chi connectivity index (χ0v) is 12.1. The molecule has 0 atom stereocenters. The van der Waals surface area contributed by atoms with Crippen LogP contribution < -0.4 is 10.5 Å². The van der Waals surface area contributed by atoms with Crippen LogP contribution in [0.25, 0.3) is 0 Å². The zero-order chi connectivity index (χ0) is 14.0. The number of anilines is 1. The summed E-state index contributed by atoms with van der Waals surface area (Å²) in [7, 11) is 1.68. The van der Waals surface area contributed by atoms with Gasteiger partial charge in [-0.2, -0.15) is 0 Å². The number of nitrogen functional groups attached to an aromatic ring is 1. The fourth-order valence-electron chi connectivity index (χ4n) is 2.35. The molecule has 0 heterocycles. The first kappa shape index (κ1) is 13.5. The lowest BCUT2D eigenvalue weighted by atomic mass is 9.93. The highest BCUT2D eigenvalue weighted by molar-refractivity contribution is 5.58. The largest absolute Gasteiger partial charge is 0.497 e. The van der Waals surface area contributed by atoms with Crippen molar-refractivity contribution in [1.82, 2.24) is 0 Å². The van der Waals surface area contributed by atoms with Crippen molar-refractivity contribution < 1.29 is 4.74 Å². The van der Waals surface area contributed by atoms with Crippen LogP contribution in [-0.4, -0.2) is 7.11 Å². The zero-order valence-electron chi connectivity index (χ0n) is 12.1. The van der Waals surface area contributed by atoms with E-state index in [0.717, 1.165) is 17.9 Å². The number of aryl methyl sites for hydroxylation is 1. The van der Waals surface area contributed by atoms with Crippen molar-refractivity contribution in [3.8, 4) is 5.75 Å². The van der Waals surface area contributed by atoms with Crippen LogP contribution in [0.15, 0.2) is 30.3 Å². The molecule has 0 unspecified atom stereocenters. The molecule has 0 amide bonds. The summed E-state index contributed by atoms with van der Waals surface area (Å²) in [5, 5.41) is 0. The number of hydrogen-bond donors (Lipinski definition) is 1. The molecule has 0 bridgehead atoms. The van der Waals surface area contributed by atoms with E-state index < -0.39 is 0 Å². The Morgan fingerprint density at radius 1 is 1.00 bits per heavy atom. The number of methoxy groups -OCH3 is 1. The van der Waals surface area contributed by atoms with Crippen molar-refractivity contribution in [3.05, 3.63) is 58.1 Å². The average molecular weight is 255 g/mol. The van der Waals surface area contributed by atoms with Crippen molar-refractivity contribution in [2.24, 2.45) is 0 Å². The van der Waals surface area contributed by atoms with Crippen molar-refractivity contribution in [1.29, 1.82) is 0 Å². The molecular weight excluding hydrogens is 234 g/mol. The highest BCUT2D eigenvalue weighted by Crippen LogP contribution is 2.26. The molecule has 0 saturated carbocycles. The van der Waals surface area contributed by atoms with E-state index in [1.54, 1.807) is 7.11 Å². The third-order valence-electron chi connectivity index (χ3n) is 3.87. The van der Waals surface area contributed by atoms with Gasteiger partial charge in [-0.1, -0.05) is 12.1 Å². The summed E-state index contributed by atoms with van der Waals surface area (Å²) in [5.74, 6) is 0.883. The molecule has 0 aromatic heterocycles. The second kappa shape index (κ2) is 5.35. The van der Waals surface area contributed by atoms with Crippen LogP contribution in [0, 0.1) is 20.8 Å². The summed E-state index contributed by atoms with van der Waals surface area (Å²) in [6.07, 6.45) is 0.864. The molecule has 2 aromatic carbocycles. The summed E-state index contributed by atoms with van der Waals surface area (Å²) in [6.45, 7) is 6.41. The lowest BCUT2D eigenvalue weighted by Crippen LogP contribution is -2.02. The van der Waals surface area contributed by atoms with E-state index in [-0.39, 0.29) is 0 Å². The first-order valence-corrected chi connectivity index (χ1v) is 6.51. The van der Waals surface area contributed by atoms with Crippen LogP contribution in [-0.2, 0) is 6.42 Å². The number of benzene rings is 2. The van der Waals surface area contributed by atoms with E-state index in [2.05, 4.69) is 39.0 Å². The Kier molecular flexibility index (Phi) is 3.79. The van der Waals surface area contributed by atoms with Crippen molar-refractivity contribution >= 4 is 5.69 Å². The minimum Gasteiger partial charge on any atom is -0.497 e. The summed E-state index contributed by atoms with van der Waals surface area (Å²) in [6, 6.07) is 10.2. The van der Waals surface area contributed by atoms with Gasteiger partial charge in [0, 0.05) is 5.69 Å². The van der Waals surface area contributed by atoms with Crippen LogP contribution in [0.5, 0.6) is 5.75 Å². The topological polar surface area (TPSA) is 35.2 Å². The fraction of sp³-hybridized carbons (Fsp3) is 0.294. The van der Waals surface area contributed by atoms with Gasteiger partial charge in [0.1, 0.15) is 5.75 Å². The lowest BCUT2D eigenvalue weighted by Gasteiger charge is -2.15. The predicted molar refractivity (Wildman–Crippen MR) is 80.9 cm³/mol. The lowest BCUT2D eigenvalue weighted by molar-refractivity contribution is 0.414. The molecule has 0 aliphatic carbocycles. The number of ether oxygens (including phenoxy) is 1. The Labute approximate surface area is 115 Å². The standard InChI is InChI=1S/C17H21NO/c1-11-9-17(18)16(13(3)12(11)2)10-14-5-7-15(19-4)8-6-14/h5-9H,10,18H2,1-4H3. The van der Waals surface area contributed by atoms with Gasteiger partial charge in [-0.3, -0.25) is 0 Å². The molecule has 2 aromatic rings. The average Bonchev–Trinajstić information content (AvgIpc) is 2.42. The monoisotopic (exact) mass is 255 g/mol. The molecule has 0 aliphatic heterocycles. The molecular formula is C17H21NO. The molecule has 2 N–H and O–H groups in total. The molecule has 19 heavy (non-hydrogen) atoms. The summed E-state index contributed by atoms with van der Waals surface area (Å²) in [5.41, 5.74) is 13.4. The van der Waals surface area contributed by atoms with Crippen LogP contribution in [0.4, 0.5) is 5.69 Å². The quantitative estimate of drug-likeness (QED) is 0.847. The smallest absolute Gasteiger partial charge is 0.118 e. The molecule has 2 heteroatoms. The number of nitrogens with two attached hydrogens (primary N) is 1. The summed E-state index contributed by atoms with van der Waals surface area (Å²) in [4.78, 5) is 0. The van der Waals surface area contributed by atoms with Gasteiger partial charge in [0.15, 0.2) is 0 Å². The molecule has 0 spiro atoms. The molecule has 2 rings (SSSR count). The molecule has 100 valence electrons. The van der Waals surface area contributed by atoms with E-state index >= 15 is 0 Å². The van der Waals surface area contributed by atoms with E-state index in [1.165, 1.54) is 27.8 Å². The van der Waals surface area contributed by atoms with Crippen LogP contribution in [0.2, 0.25) is 0 Å². The van der Waals surface area contributed by atoms with Gasteiger partial charge in [0.2, 0.25) is 0 Å². The second-order valence-corrected chi connectivity index (χ2v) is 5.04. The third-order valence-corrected chi connectivity index (χ3v) is 3.87. The molecule has 0 fully saturated rings. The molecule has 0 radical (unpaired) electrons. The highest BCUT2D eigenvalue weighted by Gasteiger charge is 2.09. The van der Waals surface area contributed by atoms with E-state index in [0.29, 0.717) is 0 Å². The van der Waals surface area contributed by atoms with Crippen LogP contribution >= 0.6 is 0 Å². The Balaban J connectivity index is 2.35. The Bertz CT molecular complexity index is 585. The van der Waals surface area contributed by atoms with Gasteiger partial charge in [-0.15, -0.1) is 0 Å². The minimum atomic E-state index is 0.864. The Morgan fingerprint density at radius 2 is 1.63 bits per heavy atom. The normalized spacial score (nSPS) is 10.5. The van der Waals surface area contributed by atoms with Gasteiger partial charge in [-0.25, -0.2) is 0 Å². The fourth-order valence-corrected chi connectivity index (χ4v) is 2.35. The van der Waals surface area contributed by atoms with E-state index in [1.807, 2.05) is 12.1 Å². The predicted octanol–water partition coefficient (Wildman–Crippen LogP) is 3.79. The molecule has 0 aliphatic rings. The van der Waals surface area contributed by atoms with Gasteiger partial charge in [0.05, 0.1) is 7.11 Å². The van der Waals surface area contributed by atoms with Gasteiger partial charge in [-0.05, 0) is 73.2 Å². The van der Waals surface area contributed by atoms with Gasteiger partial charge >= 0.3 is 0 Å². The maximum absolute atomic E-state index is 6.17. The number of hydrogen-bond acceptors (Lipinski definition) is 2. The van der Waals surface area contributed by atoms with Crippen molar-refractivity contribution in [3.63, 3.8) is 0 Å². The minimum absolute atomic E-state index is 0.864. The maximum Gasteiger partial charge on any atom is 0.118 e. The van der Waals surface area contributed by atoms with Gasteiger partial charge < -0.3 is 10.5 Å². The van der Waals surface area contributed by atoms with Crippen LogP contribution in [0.3, 0.4) is 0 Å². The Morgan fingerprint density at radius 3 is 2.21 bits per heavy atom. The highest BCUT2D eigenvalue weighted by atomic mass is 16.5. The molecule has 0 saturated heterocycles. The summed E-state index contributed by atoms with van der Waals surface area (Å²) < 4.78 is 5.18. The van der Waals surface area contributed by atoms with Crippen molar-refractivity contribution in [2.45, 2.75) is 27.2 Å². The first-order valence-electron chi connectivity index (χ1n) is 6.51. The SMILES string of the molecule is COc1ccc(Cc2c(N)cc(C)c(C)c2C)cc1. The maximum atomic E-state index is 6.17. The number of rotatable bonds is 3. The first-order chi connectivity index (χ1) is 9.02. The molecule has 2 nitrogen and oxygen atoms in total. The van der Waals surface area contributed by atoms with Crippen molar-refractivity contribution in [2.75, 3.05) is 12.8 Å².